The second kappa shape index (κ2) is 7.89. The lowest BCUT2D eigenvalue weighted by molar-refractivity contribution is -0.118. The molecule has 0 radical (unpaired) electrons. The first-order valence-corrected chi connectivity index (χ1v) is 9.17. The molecule has 2 aromatic rings. The highest BCUT2D eigenvalue weighted by atomic mass is 35.5. The number of halogens is 2. The van der Waals surface area contributed by atoms with Crippen LogP contribution in [0.15, 0.2) is 47.4 Å². The smallest absolute Gasteiger partial charge is 0.256 e. The van der Waals surface area contributed by atoms with Gasteiger partial charge in [-0.3, -0.25) is 9.59 Å². The van der Waals surface area contributed by atoms with Crippen LogP contribution < -0.4 is 10.6 Å². The molecule has 0 unspecified atom stereocenters. The Hall–Kier alpha value is -2.05. The summed E-state index contributed by atoms with van der Waals surface area (Å²) in [5.41, 5.74) is 0.856. The van der Waals surface area contributed by atoms with Crippen molar-refractivity contribution in [2.45, 2.75) is 23.8 Å². The normalized spacial score (nSPS) is 13.4. The van der Waals surface area contributed by atoms with E-state index in [9.17, 15) is 14.0 Å². The van der Waals surface area contributed by atoms with Crippen molar-refractivity contribution in [3.05, 3.63) is 58.9 Å². The molecule has 0 aliphatic heterocycles. The van der Waals surface area contributed by atoms with Crippen LogP contribution in [0.1, 0.15) is 23.2 Å². The van der Waals surface area contributed by atoms with Gasteiger partial charge in [0.2, 0.25) is 5.91 Å². The Balaban J connectivity index is 1.67. The number of hydrogen-bond donors (Lipinski definition) is 2. The summed E-state index contributed by atoms with van der Waals surface area (Å²) >= 11 is 7.04. The zero-order chi connectivity index (χ0) is 17.8. The molecular weight excluding hydrogens is 363 g/mol. The van der Waals surface area contributed by atoms with Crippen molar-refractivity contribution in [3.8, 4) is 0 Å². The van der Waals surface area contributed by atoms with Crippen molar-refractivity contribution >= 4 is 40.9 Å². The predicted molar refractivity (Wildman–Crippen MR) is 97.7 cm³/mol. The van der Waals surface area contributed by atoms with Crippen molar-refractivity contribution in [1.82, 2.24) is 5.32 Å². The van der Waals surface area contributed by atoms with Crippen molar-refractivity contribution in [2.75, 3.05) is 11.1 Å². The van der Waals surface area contributed by atoms with Crippen LogP contribution in [-0.4, -0.2) is 23.6 Å². The first-order chi connectivity index (χ1) is 12.0. The van der Waals surface area contributed by atoms with Crippen LogP contribution in [0.2, 0.25) is 5.02 Å². The first-order valence-electron chi connectivity index (χ1n) is 7.80. The van der Waals surface area contributed by atoms with Gasteiger partial charge >= 0.3 is 0 Å². The lowest BCUT2D eigenvalue weighted by atomic mass is 10.2. The van der Waals surface area contributed by atoms with E-state index in [-0.39, 0.29) is 22.6 Å². The highest BCUT2D eigenvalue weighted by Gasteiger charge is 2.23. The highest BCUT2D eigenvalue weighted by molar-refractivity contribution is 8.00. The van der Waals surface area contributed by atoms with Gasteiger partial charge in [-0.1, -0.05) is 23.7 Å². The molecule has 1 saturated carbocycles. The molecule has 25 heavy (non-hydrogen) atoms. The molecular formula is C18H16ClFN2O2S. The van der Waals surface area contributed by atoms with Gasteiger partial charge in [0.25, 0.3) is 5.91 Å². The summed E-state index contributed by atoms with van der Waals surface area (Å²) in [6, 6.07) is 11.3. The minimum absolute atomic E-state index is 0.0342. The average Bonchev–Trinajstić information content (AvgIpc) is 3.40. The lowest BCUT2D eigenvalue weighted by Gasteiger charge is -2.10. The third-order valence-electron chi connectivity index (χ3n) is 3.61. The number of thioether (sulfide) groups is 1. The quantitative estimate of drug-likeness (QED) is 0.744. The fourth-order valence-electron chi connectivity index (χ4n) is 2.19. The Labute approximate surface area is 154 Å². The summed E-state index contributed by atoms with van der Waals surface area (Å²) in [6.45, 7) is 0. The molecule has 7 heteroatoms. The van der Waals surface area contributed by atoms with Crippen molar-refractivity contribution in [2.24, 2.45) is 0 Å². The average molecular weight is 379 g/mol. The Morgan fingerprint density at radius 1 is 1.20 bits per heavy atom. The summed E-state index contributed by atoms with van der Waals surface area (Å²) in [5.74, 6) is -0.665. The van der Waals surface area contributed by atoms with Crippen LogP contribution in [0.5, 0.6) is 0 Å². The maximum Gasteiger partial charge on any atom is 0.256 e. The molecule has 2 aromatic carbocycles. The van der Waals surface area contributed by atoms with E-state index in [0.29, 0.717) is 22.2 Å². The molecule has 1 fully saturated rings. The van der Waals surface area contributed by atoms with Crippen LogP contribution in [0.4, 0.5) is 10.1 Å². The molecule has 2 amide bonds. The Morgan fingerprint density at radius 2 is 1.96 bits per heavy atom. The largest absolute Gasteiger partial charge is 0.353 e. The number of anilines is 1. The maximum atomic E-state index is 13.2. The Bertz CT molecular complexity index is 811. The Morgan fingerprint density at radius 3 is 2.68 bits per heavy atom. The number of carbonyl (C=O) groups is 2. The fraction of sp³-hybridized carbons (Fsp3) is 0.222. The molecule has 0 bridgehead atoms. The van der Waals surface area contributed by atoms with E-state index in [1.54, 1.807) is 18.2 Å². The molecule has 0 atom stereocenters. The summed E-state index contributed by atoms with van der Waals surface area (Å²) < 4.78 is 13.2. The molecule has 0 heterocycles. The molecule has 3 rings (SSSR count). The van der Waals surface area contributed by atoms with Crippen LogP contribution in [0.3, 0.4) is 0 Å². The van der Waals surface area contributed by atoms with E-state index in [0.717, 1.165) is 12.8 Å². The number of amides is 2. The maximum absolute atomic E-state index is 13.2. The van der Waals surface area contributed by atoms with Gasteiger partial charge in [-0.05, 0) is 43.2 Å². The topological polar surface area (TPSA) is 58.2 Å². The van der Waals surface area contributed by atoms with Gasteiger partial charge < -0.3 is 10.6 Å². The van der Waals surface area contributed by atoms with Crippen molar-refractivity contribution in [3.63, 3.8) is 0 Å². The number of rotatable bonds is 6. The van der Waals surface area contributed by atoms with E-state index < -0.39 is 5.82 Å². The van der Waals surface area contributed by atoms with Gasteiger partial charge in [0, 0.05) is 16.6 Å². The molecule has 1 aliphatic carbocycles. The molecule has 2 N–H and O–H groups in total. The standard InChI is InChI=1S/C18H16ClFN2O2S/c19-14-9-12(7-8-15(14)20)22-18(24)13-3-1-2-4-16(13)25-10-17(23)21-11-5-6-11/h1-4,7-9,11H,5-6,10H2,(H,21,23)(H,22,24). The predicted octanol–water partition coefficient (Wildman–Crippen LogP) is 4.10. The third-order valence-corrected chi connectivity index (χ3v) is 4.97. The van der Waals surface area contributed by atoms with E-state index in [4.69, 9.17) is 11.6 Å². The molecule has 130 valence electrons. The SMILES string of the molecule is O=C(CSc1ccccc1C(=O)Nc1ccc(F)c(Cl)c1)NC1CC1. The van der Waals surface area contributed by atoms with Crippen LogP contribution >= 0.6 is 23.4 Å². The van der Waals surface area contributed by atoms with Gasteiger partial charge in [0.15, 0.2) is 0 Å². The van der Waals surface area contributed by atoms with Gasteiger partial charge in [0.1, 0.15) is 5.82 Å². The second-order valence-corrected chi connectivity index (χ2v) is 7.13. The van der Waals surface area contributed by atoms with Crippen molar-refractivity contribution in [1.29, 1.82) is 0 Å². The number of carbonyl (C=O) groups excluding carboxylic acids is 2. The minimum Gasteiger partial charge on any atom is -0.353 e. The number of nitrogens with one attached hydrogen (secondary N) is 2. The summed E-state index contributed by atoms with van der Waals surface area (Å²) in [4.78, 5) is 25.0. The van der Waals surface area contributed by atoms with Crippen LogP contribution in [0.25, 0.3) is 0 Å². The molecule has 0 saturated heterocycles. The highest BCUT2D eigenvalue weighted by Crippen LogP contribution is 2.25. The van der Waals surface area contributed by atoms with E-state index in [2.05, 4.69) is 10.6 Å². The van der Waals surface area contributed by atoms with E-state index >= 15 is 0 Å². The van der Waals surface area contributed by atoms with E-state index in [1.807, 2.05) is 6.07 Å². The van der Waals surface area contributed by atoms with Gasteiger partial charge in [-0.2, -0.15) is 0 Å². The van der Waals surface area contributed by atoms with Gasteiger partial charge in [-0.25, -0.2) is 4.39 Å². The zero-order valence-electron chi connectivity index (χ0n) is 13.2. The minimum atomic E-state index is -0.544. The zero-order valence-corrected chi connectivity index (χ0v) is 14.8. The fourth-order valence-corrected chi connectivity index (χ4v) is 3.23. The van der Waals surface area contributed by atoms with Crippen LogP contribution in [-0.2, 0) is 4.79 Å². The van der Waals surface area contributed by atoms with E-state index in [1.165, 1.54) is 30.0 Å². The molecule has 4 nitrogen and oxygen atoms in total. The molecule has 1 aliphatic rings. The number of benzene rings is 2. The second-order valence-electron chi connectivity index (χ2n) is 5.71. The first kappa shape index (κ1) is 17.8. The molecule has 0 spiro atoms. The Kier molecular flexibility index (Phi) is 5.60. The van der Waals surface area contributed by atoms with Crippen LogP contribution in [0, 0.1) is 5.82 Å². The van der Waals surface area contributed by atoms with Gasteiger partial charge in [-0.15, -0.1) is 11.8 Å². The monoisotopic (exact) mass is 378 g/mol. The summed E-state index contributed by atoms with van der Waals surface area (Å²) in [7, 11) is 0. The summed E-state index contributed by atoms with van der Waals surface area (Å²) in [5, 5.41) is 5.55. The number of hydrogen-bond acceptors (Lipinski definition) is 3. The van der Waals surface area contributed by atoms with Gasteiger partial charge in [0.05, 0.1) is 16.3 Å². The lowest BCUT2D eigenvalue weighted by Crippen LogP contribution is -2.27. The summed E-state index contributed by atoms with van der Waals surface area (Å²) in [6.07, 6.45) is 2.07. The third kappa shape index (κ3) is 4.96. The van der Waals surface area contributed by atoms with Crippen molar-refractivity contribution < 1.29 is 14.0 Å². The molecule has 0 aromatic heterocycles.